The topological polar surface area (TPSA) is 0 Å². The van der Waals surface area contributed by atoms with Crippen molar-refractivity contribution < 1.29 is 0 Å². The minimum absolute atomic E-state index is 1.07. The molecule has 0 bridgehead atoms. The molecule has 2 aromatic rings. The van der Waals surface area contributed by atoms with Gasteiger partial charge in [0.15, 0.2) is 0 Å². The lowest BCUT2D eigenvalue weighted by molar-refractivity contribution is 1.48. The van der Waals surface area contributed by atoms with Gasteiger partial charge in [0, 0.05) is 13.2 Å². The second-order valence-electron chi connectivity index (χ2n) is 2.59. The summed E-state index contributed by atoms with van der Waals surface area (Å²) in [5, 5.41) is 1.33. The maximum atomic E-state index is 4.40. The fraction of sp³-hybridized carbons (Fsp3) is 0.111. The van der Waals surface area contributed by atoms with Crippen LogP contribution in [0.4, 0.5) is 0 Å². The van der Waals surface area contributed by atoms with Crippen LogP contribution < -0.4 is 0 Å². The third kappa shape index (κ3) is 1.86. The quantitative estimate of drug-likeness (QED) is 0.453. The molecule has 0 fully saturated rings. The van der Waals surface area contributed by atoms with Crippen molar-refractivity contribution in [2.45, 2.75) is 9.10 Å². The summed E-state index contributed by atoms with van der Waals surface area (Å²) in [7, 11) is 0. The van der Waals surface area contributed by atoms with Gasteiger partial charge in [-0.15, -0.1) is 35.7 Å². The van der Waals surface area contributed by atoms with E-state index < -0.39 is 0 Å². The summed E-state index contributed by atoms with van der Waals surface area (Å²) in [5.74, 6) is 0. The van der Waals surface area contributed by atoms with Crippen LogP contribution in [0.5, 0.6) is 0 Å². The fourth-order valence-electron chi connectivity index (χ4n) is 1.14. The van der Waals surface area contributed by atoms with E-state index in [9.17, 15) is 0 Å². The van der Waals surface area contributed by atoms with Crippen molar-refractivity contribution in [3.8, 4) is 0 Å². The average molecular weight is 338 g/mol. The molecular formula is C9H7IS3. The standard InChI is InChI=1S/C9H7IS3/c1-12-7-4-5-2-3-6(11)8(10)9(5)13-7/h2-4,11H,1H3. The van der Waals surface area contributed by atoms with Crippen molar-refractivity contribution in [3.05, 3.63) is 21.8 Å². The molecule has 0 nitrogen and oxygen atoms in total. The minimum Gasteiger partial charge on any atom is -0.142 e. The number of thioether (sulfide) groups is 1. The Morgan fingerprint density at radius 3 is 2.92 bits per heavy atom. The molecule has 0 unspecified atom stereocenters. The van der Waals surface area contributed by atoms with Crippen molar-refractivity contribution in [1.82, 2.24) is 0 Å². The highest BCUT2D eigenvalue weighted by molar-refractivity contribution is 14.1. The molecule has 0 aliphatic heterocycles. The molecule has 0 amide bonds. The first-order valence-corrected chi connectivity index (χ1v) is 7.24. The van der Waals surface area contributed by atoms with Crippen LogP contribution in [-0.2, 0) is 0 Å². The molecule has 0 aliphatic carbocycles. The molecule has 13 heavy (non-hydrogen) atoms. The smallest absolute Gasteiger partial charge is 0.0608 e. The molecule has 0 aliphatic rings. The molecule has 0 saturated heterocycles. The van der Waals surface area contributed by atoms with Crippen LogP contribution in [0, 0.1) is 3.57 Å². The predicted octanol–water partition coefficient (Wildman–Crippen LogP) is 4.52. The number of fused-ring (bicyclic) bond motifs is 1. The molecular weight excluding hydrogens is 331 g/mol. The Labute approximate surface area is 105 Å². The zero-order valence-corrected chi connectivity index (χ0v) is 11.6. The van der Waals surface area contributed by atoms with Gasteiger partial charge in [0.2, 0.25) is 0 Å². The molecule has 0 saturated carbocycles. The van der Waals surface area contributed by atoms with Crippen LogP contribution in [0.2, 0.25) is 0 Å². The number of benzene rings is 1. The molecule has 4 heteroatoms. The lowest BCUT2D eigenvalue weighted by Gasteiger charge is -1.96. The summed E-state index contributed by atoms with van der Waals surface area (Å²) in [6.07, 6.45) is 2.11. The summed E-state index contributed by atoms with van der Waals surface area (Å²) in [4.78, 5) is 1.07. The van der Waals surface area contributed by atoms with Crippen molar-refractivity contribution in [2.75, 3.05) is 6.26 Å². The maximum absolute atomic E-state index is 4.40. The molecule has 1 aromatic heterocycles. The largest absolute Gasteiger partial charge is 0.142 e. The average Bonchev–Trinajstić information content (AvgIpc) is 2.55. The van der Waals surface area contributed by atoms with E-state index in [2.05, 4.69) is 59.7 Å². The maximum Gasteiger partial charge on any atom is 0.0608 e. The predicted molar refractivity (Wildman–Crippen MR) is 73.6 cm³/mol. The number of rotatable bonds is 1. The summed E-state index contributed by atoms with van der Waals surface area (Å²) in [6.45, 7) is 0. The van der Waals surface area contributed by atoms with Gasteiger partial charge in [0.25, 0.3) is 0 Å². The number of hydrogen-bond acceptors (Lipinski definition) is 3. The van der Waals surface area contributed by atoms with Crippen molar-refractivity contribution in [3.63, 3.8) is 0 Å². The molecule has 1 heterocycles. The van der Waals surface area contributed by atoms with Gasteiger partial charge in [-0.1, -0.05) is 6.07 Å². The SMILES string of the molecule is CSc1cc2ccc(S)c(I)c2s1. The Bertz CT molecular complexity index is 447. The van der Waals surface area contributed by atoms with Gasteiger partial charge in [-0.3, -0.25) is 0 Å². The first kappa shape index (κ1) is 10.1. The summed E-state index contributed by atoms with van der Waals surface area (Å²) in [5.41, 5.74) is 0. The molecule has 0 spiro atoms. The molecule has 0 atom stereocenters. The molecule has 0 radical (unpaired) electrons. The van der Waals surface area contributed by atoms with Crippen molar-refractivity contribution >= 4 is 68.4 Å². The lowest BCUT2D eigenvalue weighted by atomic mass is 10.3. The van der Waals surface area contributed by atoms with E-state index in [1.54, 1.807) is 11.8 Å². The van der Waals surface area contributed by atoms with Gasteiger partial charge in [-0.2, -0.15) is 0 Å². The fourth-order valence-corrected chi connectivity index (χ4v) is 3.88. The van der Waals surface area contributed by atoms with Gasteiger partial charge in [-0.25, -0.2) is 0 Å². The second-order valence-corrected chi connectivity index (χ2v) is 6.31. The van der Waals surface area contributed by atoms with Crippen LogP contribution in [0.1, 0.15) is 0 Å². The van der Waals surface area contributed by atoms with Gasteiger partial charge in [0.05, 0.1) is 4.21 Å². The van der Waals surface area contributed by atoms with E-state index in [1.807, 2.05) is 11.3 Å². The Hall–Kier alpha value is 0.610. The number of thiophene rings is 1. The summed E-state index contributed by atoms with van der Waals surface area (Å²) < 4.78 is 3.99. The van der Waals surface area contributed by atoms with Gasteiger partial charge in [-0.05, 0) is 46.4 Å². The van der Waals surface area contributed by atoms with E-state index in [-0.39, 0.29) is 0 Å². The Kier molecular flexibility index (Phi) is 3.12. The Morgan fingerprint density at radius 1 is 1.46 bits per heavy atom. The number of halogens is 1. The summed E-state index contributed by atoms with van der Waals surface area (Å²) >= 11 is 10.4. The highest BCUT2D eigenvalue weighted by atomic mass is 127. The highest BCUT2D eigenvalue weighted by Gasteiger charge is 2.06. The minimum atomic E-state index is 1.07. The zero-order valence-electron chi connectivity index (χ0n) is 6.87. The Morgan fingerprint density at radius 2 is 2.23 bits per heavy atom. The monoisotopic (exact) mass is 338 g/mol. The van der Waals surface area contributed by atoms with Crippen LogP contribution in [-0.4, -0.2) is 6.26 Å². The number of thiol groups is 1. The normalized spacial score (nSPS) is 11.0. The van der Waals surface area contributed by atoms with E-state index in [1.165, 1.54) is 17.9 Å². The molecule has 68 valence electrons. The lowest BCUT2D eigenvalue weighted by Crippen LogP contribution is -1.73. The van der Waals surface area contributed by atoms with E-state index in [0.717, 1.165) is 4.90 Å². The third-order valence-electron chi connectivity index (χ3n) is 1.78. The Balaban J connectivity index is 2.76. The first-order chi connectivity index (χ1) is 6.22. The van der Waals surface area contributed by atoms with Gasteiger partial charge < -0.3 is 0 Å². The van der Waals surface area contributed by atoms with E-state index in [0.29, 0.717) is 0 Å². The first-order valence-electron chi connectivity index (χ1n) is 3.67. The third-order valence-corrected chi connectivity index (χ3v) is 6.30. The van der Waals surface area contributed by atoms with Crippen molar-refractivity contribution in [2.24, 2.45) is 0 Å². The summed E-state index contributed by atoms with van der Waals surface area (Å²) in [6, 6.07) is 6.43. The molecule has 1 aromatic carbocycles. The van der Waals surface area contributed by atoms with Crippen molar-refractivity contribution in [1.29, 1.82) is 0 Å². The zero-order chi connectivity index (χ0) is 9.42. The molecule has 0 N–H and O–H groups in total. The van der Waals surface area contributed by atoms with E-state index >= 15 is 0 Å². The molecule has 2 rings (SSSR count). The second kappa shape index (κ2) is 4.00. The van der Waals surface area contributed by atoms with Crippen LogP contribution in [0.25, 0.3) is 10.1 Å². The van der Waals surface area contributed by atoms with Gasteiger partial charge >= 0.3 is 0 Å². The van der Waals surface area contributed by atoms with Crippen LogP contribution in [0.3, 0.4) is 0 Å². The van der Waals surface area contributed by atoms with Crippen LogP contribution in [0.15, 0.2) is 27.3 Å². The number of hydrogen-bond donors (Lipinski definition) is 1. The van der Waals surface area contributed by atoms with Gasteiger partial charge in [0.1, 0.15) is 0 Å². The van der Waals surface area contributed by atoms with Crippen LogP contribution >= 0.6 is 58.3 Å². The van der Waals surface area contributed by atoms with E-state index in [4.69, 9.17) is 0 Å². The highest BCUT2D eigenvalue weighted by Crippen LogP contribution is 2.36.